The molecule has 3 fully saturated rings. The molecule has 0 saturated heterocycles. The van der Waals surface area contributed by atoms with E-state index in [-0.39, 0.29) is 0 Å². The Morgan fingerprint density at radius 2 is 1.82 bits per heavy atom. The topological polar surface area (TPSA) is 0 Å². The molecule has 0 N–H and O–H groups in total. The molecule has 0 nitrogen and oxygen atoms in total. The Hall–Kier alpha value is 0. The molecular weight excluding hydrogens is 132 g/mol. The molecular formula is C11H18. The van der Waals surface area contributed by atoms with Crippen LogP contribution in [-0.4, -0.2) is 0 Å². The molecule has 3 saturated carbocycles. The maximum atomic E-state index is 2.52. The van der Waals surface area contributed by atoms with Crippen molar-refractivity contribution in [3.05, 3.63) is 0 Å². The Balaban J connectivity index is 1.87. The highest BCUT2D eigenvalue weighted by atomic mass is 14.6. The molecule has 3 aliphatic rings. The van der Waals surface area contributed by atoms with E-state index in [0.717, 1.165) is 17.8 Å². The summed E-state index contributed by atoms with van der Waals surface area (Å²) in [6.45, 7) is 2.52. The van der Waals surface area contributed by atoms with E-state index in [1.54, 1.807) is 32.1 Å². The zero-order valence-electron chi connectivity index (χ0n) is 7.42. The molecule has 2 bridgehead atoms. The molecule has 11 heavy (non-hydrogen) atoms. The molecule has 0 unspecified atom stereocenters. The van der Waals surface area contributed by atoms with Crippen molar-refractivity contribution in [2.45, 2.75) is 39.0 Å². The third-order valence-corrected chi connectivity index (χ3v) is 4.66. The summed E-state index contributed by atoms with van der Waals surface area (Å²) in [6, 6.07) is 0. The van der Waals surface area contributed by atoms with E-state index >= 15 is 0 Å². The molecule has 62 valence electrons. The van der Waals surface area contributed by atoms with Gasteiger partial charge < -0.3 is 0 Å². The van der Waals surface area contributed by atoms with Crippen molar-refractivity contribution in [2.75, 3.05) is 0 Å². The van der Waals surface area contributed by atoms with Crippen molar-refractivity contribution in [2.24, 2.45) is 29.6 Å². The second-order valence-electron chi connectivity index (χ2n) is 5.11. The lowest BCUT2D eigenvalue weighted by atomic mass is 9.65. The van der Waals surface area contributed by atoms with Crippen LogP contribution < -0.4 is 0 Å². The highest BCUT2D eigenvalue weighted by molar-refractivity contribution is 5.01. The maximum Gasteiger partial charge on any atom is -0.0352 e. The van der Waals surface area contributed by atoms with E-state index in [9.17, 15) is 0 Å². The quantitative estimate of drug-likeness (QED) is 0.498. The largest absolute Gasteiger partial charge is 0.0620 e. The van der Waals surface area contributed by atoms with Gasteiger partial charge in [-0.05, 0) is 48.9 Å². The van der Waals surface area contributed by atoms with Crippen LogP contribution in [0.5, 0.6) is 0 Å². The van der Waals surface area contributed by atoms with Crippen molar-refractivity contribution in [3.63, 3.8) is 0 Å². The molecule has 0 aliphatic heterocycles. The summed E-state index contributed by atoms with van der Waals surface area (Å²) < 4.78 is 0. The second kappa shape index (κ2) is 2.02. The Morgan fingerprint density at radius 3 is 2.73 bits per heavy atom. The predicted octanol–water partition coefficient (Wildman–Crippen LogP) is 3.08. The number of fused-ring (bicyclic) bond motifs is 4. The van der Waals surface area contributed by atoms with Crippen LogP contribution in [0.4, 0.5) is 0 Å². The lowest BCUT2D eigenvalue weighted by Crippen LogP contribution is -2.31. The number of hydrogen-bond acceptors (Lipinski definition) is 0. The molecule has 3 rings (SSSR count). The Bertz CT molecular complexity index is 173. The molecule has 0 aromatic carbocycles. The van der Waals surface area contributed by atoms with Crippen LogP contribution in [-0.2, 0) is 0 Å². The molecule has 0 radical (unpaired) electrons. The van der Waals surface area contributed by atoms with Gasteiger partial charge in [0.15, 0.2) is 0 Å². The van der Waals surface area contributed by atoms with Crippen molar-refractivity contribution in [3.8, 4) is 0 Å². The van der Waals surface area contributed by atoms with E-state index in [1.807, 2.05) is 0 Å². The minimum atomic E-state index is 1.09. The third-order valence-electron chi connectivity index (χ3n) is 4.66. The summed E-state index contributed by atoms with van der Waals surface area (Å²) in [5, 5.41) is 0. The molecule has 0 heteroatoms. The fraction of sp³-hybridized carbons (Fsp3) is 1.00. The molecule has 0 aromatic rings. The van der Waals surface area contributed by atoms with Gasteiger partial charge in [-0.1, -0.05) is 19.8 Å². The van der Waals surface area contributed by atoms with E-state index in [4.69, 9.17) is 0 Å². The van der Waals surface area contributed by atoms with E-state index < -0.39 is 0 Å². The molecule has 0 spiro atoms. The lowest BCUT2D eigenvalue weighted by molar-refractivity contribution is 0.0968. The first-order chi connectivity index (χ1) is 5.36. The molecule has 0 amide bonds. The number of hydrogen-bond donors (Lipinski definition) is 0. The Labute approximate surface area is 69.4 Å². The summed E-state index contributed by atoms with van der Waals surface area (Å²) in [6.07, 6.45) is 7.87. The average molecular weight is 150 g/mol. The van der Waals surface area contributed by atoms with Gasteiger partial charge in [0, 0.05) is 0 Å². The van der Waals surface area contributed by atoms with Crippen LogP contribution in [0, 0.1) is 29.6 Å². The van der Waals surface area contributed by atoms with Crippen molar-refractivity contribution in [1.29, 1.82) is 0 Å². The van der Waals surface area contributed by atoms with Crippen LogP contribution in [0.2, 0.25) is 0 Å². The first-order valence-electron chi connectivity index (χ1n) is 5.36. The van der Waals surface area contributed by atoms with Crippen molar-refractivity contribution >= 4 is 0 Å². The van der Waals surface area contributed by atoms with Gasteiger partial charge in [-0.15, -0.1) is 0 Å². The van der Waals surface area contributed by atoms with E-state index in [0.29, 0.717) is 0 Å². The first kappa shape index (κ1) is 6.51. The van der Waals surface area contributed by atoms with Crippen molar-refractivity contribution < 1.29 is 0 Å². The van der Waals surface area contributed by atoms with Gasteiger partial charge in [-0.2, -0.15) is 0 Å². The Kier molecular flexibility index (Phi) is 1.20. The van der Waals surface area contributed by atoms with Crippen LogP contribution in [0.25, 0.3) is 0 Å². The summed E-state index contributed by atoms with van der Waals surface area (Å²) >= 11 is 0. The second-order valence-corrected chi connectivity index (χ2v) is 5.11. The van der Waals surface area contributed by atoms with Gasteiger partial charge >= 0.3 is 0 Å². The highest BCUT2D eigenvalue weighted by Gasteiger charge is 2.52. The molecule has 3 aliphatic carbocycles. The van der Waals surface area contributed by atoms with Gasteiger partial charge in [0.1, 0.15) is 0 Å². The predicted molar refractivity (Wildman–Crippen MR) is 46.2 cm³/mol. The summed E-state index contributed by atoms with van der Waals surface area (Å²) in [7, 11) is 0. The highest BCUT2D eigenvalue weighted by Crippen LogP contribution is 2.60. The lowest BCUT2D eigenvalue weighted by Gasteiger charge is -2.40. The summed E-state index contributed by atoms with van der Waals surface area (Å²) in [5.74, 6) is 5.78. The van der Waals surface area contributed by atoms with E-state index in [1.165, 1.54) is 11.8 Å². The average Bonchev–Trinajstić information content (AvgIpc) is 2.67. The summed E-state index contributed by atoms with van der Waals surface area (Å²) in [5.41, 5.74) is 0. The van der Waals surface area contributed by atoms with Gasteiger partial charge in [0.25, 0.3) is 0 Å². The monoisotopic (exact) mass is 150 g/mol. The number of rotatable bonds is 0. The van der Waals surface area contributed by atoms with Crippen LogP contribution >= 0.6 is 0 Å². The van der Waals surface area contributed by atoms with Crippen molar-refractivity contribution in [1.82, 2.24) is 0 Å². The fourth-order valence-electron chi connectivity index (χ4n) is 3.88. The first-order valence-corrected chi connectivity index (χ1v) is 5.36. The van der Waals surface area contributed by atoms with Gasteiger partial charge in [-0.25, -0.2) is 0 Å². The molecule has 0 aromatic heterocycles. The van der Waals surface area contributed by atoms with Crippen LogP contribution in [0.1, 0.15) is 39.0 Å². The van der Waals surface area contributed by atoms with Gasteiger partial charge in [0.05, 0.1) is 0 Å². The van der Waals surface area contributed by atoms with Gasteiger partial charge in [-0.3, -0.25) is 0 Å². The normalized spacial score (nSPS) is 60.3. The maximum absolute atomic E-state index is 2.52. The third kappa shape index (κ3) is 0.816. The zero-order chi connectivity index (χ0) is 7.42. The standard InChI is InChI=1S/C11H18/c1-7-8-3-2-4-10(7)11-6-9(11)5-8/h7-11H,2-6H2,1H3/t7-,8-,9-,10-,11+/m0/s1. The SMILES string of the molecule is C[C@H]1[C@H]2CCC[C@@H]1[C@@H]1C[C@@H]1C2. The molecule has 0 heterocycles. The minimum Gasteiger partial charge on any atom is -0.0620 e. The summed E-state index contributed by atoms with van der Waals surface area (Å²) in [4.78, 5) is 0. The Morgan fingerprint density at radius 1 is 0.909 bits per heavy atom. The smallest absolute Gasteiger partial charge is 0.0352 e. The van der Waals surface area contributed by atoms with Crippen LogP contribution in [0.3, 0.4) is 0 Å². The van der Waals surface area contributed by atoms with Crippen LogP contribution in [0.15, 0.2) is 0 Å². The van der Waals surface area contributed by atoms with Gasteiger partial charge in [0.2, 0.25) is 0 Å². The molecule has 5 atom stereocenters. The zero-order valence-corrected chi connectivity index (χ0v) is 7.42. The fourth-order valence-corrected chi connectivity index (χ4v) is 3.88. The van der Waals surface area contributed by atoms with E-state index in [2.05, 4.69) is 6.92 Å². The minimum absolute atomic E-state index is 1.09.